The Morgan fingerprint density at radius 1 is 1.38 bits per heavy atom. The zero-order valence-electron chi connectivity index (χ0n) is 8.28. The van der Waals surface area contributed by atoms with Crippen molar-refractivity contribution in [3.05, 3.63) is 40.1 Å². The minimum atomic E-state index is -0.551. The van der Waals surface area contributed by atoms with Gasteiger partial charge in [-0.15, -0.1) is 22.7 Å². The van der Waals surface area contributed by atoms with Crippen molar-refractivity contribution >= 4 is 27.6 Å². The Kier molecular flexibility index (Phi) is 2.47. The van der Waals surface area contributed by atoms with Gasteiger partial charge in [-0.2, -0.15) is 0 Å². The van der Waals surface area contributed by atoms with Crippen molar-refractivity contribution in [2.45, 2.75) is 12.5 Å². The Morgan fingerprint density at radius 3 is 3.06 bits per heavy atom. The highest BCUT2D eigenvalue weighted by molar-refractivity contribution is 7.15. The fraction of sp³-hybridized carbons (Fsp3) is 0.200. The zero-order chi connectivity index (χ0) is 11.0. The van der Waals surface area contributed by atoms with Crippen molar-refractivity contribution < 1.29 is 5.11 Å². The molecule has 0 saturated carbocycles. The molecule has 3 aromatic rings. The van der Waals surface area contributed by atoms with Gasteiger partial charge in [0.1, 0.15) is 11.1 Å². The Labute approximate surface area is 99.9 Å². The molecule has 0 amide bonds. The van der Waals surface area contributed by atoms with Crippen molar-refractivity contribution in [2.75, 3.05) is 0 Å². The molecule has 0 aliphatic carbocycles. The molecule has 1 unspecified atom stereocenters. The summed E-state index contributed by atoms with van der Waals surface area (Å²) in [5.74, 6) is 0. The first-order valence-electron chi connectivity index (χ1n) is 4.81. The van der Waals surface area contributed by atoms with E-state index in [9.17, 15) is 5.11 Å². The molecule has 6 heteroatoms. The molecular formula is C10H9N3OS2. The molecule has 3 heterocycles. The molecule has 1 atom stereocenters. The summed E-state index contributed by atoms with van der Waals surface area (Å²) in [4.78, 5) is 9.47. The highest BCUT2D eigenvalue weighted by Gasteiger charge is 2.13. The van der Waals surface area contributed by atoms with E-state index < -0.39 is 6.10 Å². The smallest absolute Gasteiger partial charge is 0.193 e. The van der Waals surface area contributed by atoms with Gasteiger partial charge in [0.25, 0.3) is 0 Å². The second kappa shape index (κ2) is 3.97. The Morgan fingerprint density at radius 2 is 2.31 bits per heavy atom. The molecule has 0 saturated heterocycles. The van der Waals surface area contributed by atoms with E-state index in [2.05, 4.69) is 9.97 Å². The number of nitrogens with zero attached hydrogens (tertiary/aromatic N) is 3. The molecule has 4 nitrogen and oxygen atoms in total. The third-order valence-electron chi connectivity index (χ3n) is 2.28. The lowest BCUT2D eigenvalue weighted by Gasteiger charge is -2.03. The molecule has 0 bridgehead atoms. The third-order valence-corrected chi connectivity index (χ3v) is 3.93. The number of hydrogen-bond acceptors (Lipinski definition) is 5. The second-order valence-corrected chi connectivity index (χ2v) is 5.21. The molecule has 3 aromatic heterocycles. The van der Waals surface area contributed by atoms with Crippen LogP contribution in [0.5, 0.6) is 0 Å². The van der Waals surface area contributed by atoms with Crippen LogP contribution in [-0.2, 0) is 6.42 Å². The molecule has 3 rings (SSSR count). The monoisotopic (exact) mass is 251 g/mol. The molecule has 0 radical (unpaired) electrons. The SMILES string of the molecule is OC(Cc1cn2ccsc2n1)c1nccs1. The van der Waals surface area contributed by atoms with E-state index in [-0.39, 0.29) is 0 Å². The van der Waals surface area contributed by atoms with Crippen LogP contribution in [-0.4, -0.2) is 19.5 Å². The fourth-order valence-corrected chi connectivity index (χ4v) is 2.90. The van der Waals surface area contributed by atoms with Crippen molar-refractivity contribution in [1.29, 1.82) is 0 Å². The Hall–Kier alpha value is -1.24. The van der Waals surface area contributed by atoms with Crippen LogP contribution in [0.4, 0.5) is 0 Å². The quantitative estimate of drug-likeness (QED) is 0.775. The number of aliphatic hydroxyl groups excluding tert-OH is 1. The van der Waals surface area contributed by atoms with Crippen LogP contribution < -0.4 is 0 Å². The van der Waals surface area contributed by atoms with Gasteiger partial charge in [0.15, 0.2) is 4.96 Å². The van der Waals surface area contributed by atoms with E-state index in [1.165, 1.54) is 11.3 Å². The molecule has 0 aliphatic heterocycles. The highest BCUT2D eigenvalue weighted by atomic mass is 32.1. The first-order chi connectivity index (χ1) is 7.83. The summed E-state index contributed by atoms with van der Waals surface area (Å²) in [6.45, 7) is 0. The van der Waals surface area contributed by atoms with E-state index in [0.29, 0.717) is 6.42 Å². The first-order valence-corrected chi connectivity index (χ1v) is 6.57. The summed E-state index contributed by atoms with van der Waals surface area (Å²) in [5.41, 5.74) is 0.898. The first kappa shape index (κ1) is 9.95. The standard InChI is InChI=1S/C10H9N3OS2/c14-8(9-11-1-3-15-9)5-7-6-13-2-4-16-10(13)12-7/h1-4,6,8,14H,5H2. The third kappa shape index (κ3) is 1.75. The summed E-state index contributed by atoms with van der Waals surface area (Å²) < 4.78 is 1.97. The van der Waals surface area contributed by atoms with Crippen LogP contribution in [0, 0.1) is 0 Å². The van der Waals surface area contributed by atoms with Gasteiger partial charge < -0.3 is 5.11 Å². The maximum atomic E-state index is 9.93. The number of imidazole rings is 1. The number of aromatic nitrogens is 3. The van der Waals surface area contributed by atoms with E-state index in [4.69, 9.17) is 0 Å². The Bertz CT molecular complexity index is 556. The molecule has 1 N–H and O–H groups in total. The van der Waals surface area contributed by atoms with E-state index >= 15 is 0 Å². The predicted molar refractivity (Wildman–Crippen MR) is 63.8 cm³/mol. The number of rotatable bonds is 3. The van der Waals surface area contributed by atoms with Crippen molar-refractivity contribution in [2.24, 2.45) is 0 Å². The molecule has 0 aliphatic rings. The van der Waals surface area contributed by atoms with Gasteiger partial charge in [0.2, 0.25) is 0 Å². The normalized spacial score (nSPS) is 13.3. The molecular weight excluding hydrogens is 242 g/mol. The summed E-state index contributed by atoms with van der Waals surface area (Å²) in [7, 11) is 0. The van der Waals surface area contributed by atoms with Gasteiger partial charge >= 0.3 is 0 Å². The van der Waals surface area contributed by atoms with E-state index in [1.54, 1.807) is 17.5 Å². The van der Waals surface area contributed by atoms with Gasteiger partial charge in [-0.05, 0) is 0 Å². The van der Waals surface area contributed by atoms with Crippen molar-refractivity contribution in [3.8, 4) is 0 Å². The molecule has 16 heavy (non-hydrogen) atoms. The van der Waals surface area contributed by atoms with Crippen LogP contribution in [0.1, 0.15) is 16.8 Å². The van der Waals surface area contributed by atoms with Crippen LogP contribution >= 0.6 is 22.7 Å². The average molecular weight is 251 g/mol. The van der Waals surface area contributed by atoms with Crippen molar-refractivity contribution in [3.63, 3.8) is 0 Å². The van der Waals surface area contributed by atoms with Gasteiger partial charge in [-0.3, -0.25) is 4.40 Å². The molecule has 0 aromatic carbocycles. The number of hydrogen-bond donors (Lipinski definition) is 1. The topological polar surface area (TPSA) is 50.4 Å². The lowest BCUT2D eigenvalue weighted by atomic mass is 10.2. The summed E-state index contributed by atoms with van der Waals surface area (Å²) in [6, 6.07) is 0. The summed E-state index contributed by atoms with van der Waals surface area (Å²) in [6.07, 6.45) is 5.58. The maximum absolute atomic E-state index is 9.93. The van der Waals surface area contributed by atoms with E-state index in [0.717, 1.165) is 15.7 Å². The summed E-state index contributed by atoms with van der Waals surface area (Å²) >= 11 is 3.06. The zero-order valence-corrected chi connectivity index (χ0v) is 9.91. The van der Waals surface area contributed by atoms with Crippen LogP contribution in [0.15, 0.2) is 29.4 Å². The molecule has 82 valence electrons. The predicted octanol–water partition coefficient (Wildman–Crippen LogP) is 2.13. The second-order valence-electron chi connectivity index (χ2n) is 3.42. The minimum absolute atomic E-state index is 0.516. The van der Waals surface area contributed by atoms with Gasteiger partial charge in [-0.25, -0.2) is 9.97 Å². The molecule has 0 spiro atoms. The van der Waals surface area contributed by atoms with Crippen LogP contribution in [0.2, 0.25) is 0 Å². The number of aliphatic hydroxyl groups is 1. The molecule has 0 fully saturated rings. The maximum Gasteiger partial charge on any atom is 0.193 e. The average Bonchev–Trinajstić information content (AvgIpc) is 2.91. The van der Waals surface area contributed by atoms with Gasteiger partial charge in [0, 0.05) is 35.8 Å². The lowest BCUT2D eigenvalue weighted by molar-refractivity contribution is 0.177. The van der Waals surface area contributed by atoms with Crippen molar-refractivity contribution in [1.82, 2.24) is 14.4 Å². The minimum Gasteiger partial charge on any atom is -0.386 e. The largest absolute Gasteiger partial charge is 0.386 e. The van der Waals surface area contributed by atoms with Gasteiger partial charge in [-0.1, -0.05) is 0 Å². The highest BCUT2D eigenvalue weighted by Crippen LogP contribution is 2.21. The Balaban J connectivity index is 1.82. The number of thiazole rings is 2. The van der Waals surface area contributed by atoms with E-state index in [1.807, 2.05) is 27.6 Å². The summed E-state index contributed by atoms with van der Waals surface area (Å²) in [5, 5.41) is 14.5. The van der Waals surface area contributed by atoms with Gasteiger partial charge in [0.05, 0.1) is 5.69 Å². The number of fused-ring (bicyclic) bond motifs is 1. The van der Waals surface area contributed by atoms with Crippen LogP contribution in [0.3, 0.4) is 0 Å². The fourth-order valence-electron chi connectivity index (χ4n) is 1.56. The lowest BCUT2D eigenvalue weighted by Crippen LogP contribution is -2.01. The van der Waals surface area contributed by atoms with Crippen LogP contribution in [0.25, 0.3) is 4.96 Å².